The Kier molecular flexibility index (Phi) is 6.94. The van der Waals surface area contributed by atoms with Crippen molar-refractivity contribution >= 4 is 39.7 Å². The lowest BCUT2D eigenvalue weighted by molar-refractivity contribution is -0.111. The predicted octanol–water partition coefficient (Wildman–Crippen LogP) is 7.51. The van der Waals surface area contributed by atoms with E-state index in [9.17, 15) is 4.79 Å². The van der Waals surface area contributed by atoms with Crippen LogP contribution < -0.4 is 14.8 Å². The Labute approximate surface area is 203 Å². The van der Waals surface area contributed by atoms with Gasteiger partial charge in [0.25, 0.3) is 0 Å². The number of furan rings is 1. The molecule has 0 aliphatic heterocycles. The lowest BCUT2D eigenvalue weighted by Gasteiger charge is -2.12. The SMILES string of the molecule is CCOc1cc2occ(-c3cccc(OC)c3)c2cc1/C(C)=C/C(=O)Nc1cc(Cl)ccc1C. The van der Waals surface area contributed by atoms with Crippen molar-refractivity contribution in [2.75, 3.05) is 19.0 Å². The molecule has 0 radical (unpaired) electrons. The van der Waals surface area contributed by atoms with Crippen LogP contribution in [0, 0.1) is 6.92 Å². The van der Waals surface area contributed by atoms with Crippen molar-refractivity contribution in [3.05, 3.63) is 83.1 Å². The van der Waals surface area contributed by atoms with Crippen LogP contribution in [-0.2, 0) is 4.79 Å². The number of carbonyl (C=O) groups excluding carboxylic acids is 1. The average Bonchev–Trinajstić information content (AvgIpc) is 3.24. The number of methoxy groups -OCH3 is 1. The van der Waals surface area contributed by atoms with Gasteiger partial charge in [0, 0.05) is 39.4 Å². The fraction of sp³-hybridized carbons (Fsp3) is 0.179. The summed E-state index contributed by atoms with van der Waals surface area (Å²) >= 11 is 6.09. The van der Waals surface area contributed by atoms with E-state index in [1.165, 1.54) is 0 Å². The maximum atomic E-state index is 12.8. The second kappa shape index (κ2) is 10.1. The van der Waals surface area contributed by atoms with Gasteiger partial charge < -0.3 is 19.2 Å². The molecular formula is C28H26ClNO4. The second-order valence-electron chi connectivity index (χ2n) is 7.93. The van der Waals surface area contributed by atoms with Crippen molar-refractivity contribution in [2.24, 2.45) is 0 Å². The molecule has 1 aromatic heterocycles. The molecule has 174 valence electrons. The van der Waals surface area contributed by atoms with Crippen LogP contribution in [0.25, 0.3) is 27.7 Å². The average molecular weight is 476 g/mol. The molecule has 0 fully saturated rings. The summed E-state index contributed by atoms with van der Waals surface area (Å²) in [5.74, 6) is 1.18. The van der Waals surface area contributed by atoms with E-state index in [1.807, 2.05) is 63.2 Å². The van der Waals surface area contributed by atoms with E-state index in [2.05, 4.69) is 5.32 Å². The zero-order chi connectivity index (χ0) is 24.2. The topological polar surface area (TPSA) is 60.7 Å². The first kappa shape index (κ1) is 23.5. The van der Waals surface area contributed by atoms with Crippen LogP contribution in [0.2, 0.25) is 5.02 Å². The predicted molar refractivity (Wildman–Crippen MR) is 138 cm³/mol. The number of carbonyl (C=O) groups is 1. The van der Waals surface area contributed by atoms with Crippen molar-refractivity contribution in [3.63, 3.8) is 0 Å². The molecule has 0 spiro atoms. The lowest BCUT2D eigenvalue weighted by Crippen LogP contribution is -2.10. The first-order valence-corrected chi connectivity index (χ1v) is 11.4. The summed E-state index contributed by atoms with van der Waals surface area (Å²) in [6, 6.07) is 17.1. The third kappa shape index (κ3) is 4.95. The van der Waals surface area contributed by atoms with Gasteiger partial charge in [0.05, 0.1) is 20.0 Å². The van der Waals surface area contributed by atoms with Gasteiger partial charge in [-0.2, -0.15) is 0 Å². The lowest BCUT2D eigenvalue weighted by atomic mass is 9.99. The minimum absolute atomic E-state index is 0.245. The zero-order valence-electron chi connectivity index (χ0n) is 19.6. The molecule has 4 aromatic rings. The summed E-state index contributed by atoms with van der Waals surface area (Å²) in [7, 11) is 1.64. The summed E-state index contributed by atoms with van der Waals surface area (Å²) in [5.41, 5.74) is 5.81. The quantitative estimate of drug-likeness (QED) is 0.281. The van der Waals surface area contributed by atoms with E-state index in [-0.39, 0.29) is 5.91 Å². The molecular weight excluding hydrogens is 450 g/mol. The summed E-state index contributed by atoms with van der Waals surface area (Å²) in [6.07, 6.45) is 3.29. The van der Waals surface area contributed by atoms with Crippen molar-refractivity contribution < 1.29 is 18.7 Å². The maximum absolute atomic E-state index is 12.8. The van der Waals surface area contributed by atoms with Crippen LogP contribution in [0.1, 0.15) is 25.0 Å². The van der Waals surface area contributed by atoms with Gasteiger partial charge >= 0.3 is 0 Å². The molecule has 0 aliphatic rings. The highest BCUT2D eigenvalue weighted by molar-refractivity contribution is 6.31. The molecule has 1 heterocycles. The van der Waals surface area contributed by atoms with Crippen LogP contribution in [0.15, 0.2) is 71.4 Å². The fourth-order valence-electron chi connectivity index (χ4n) is 3.82. The number of hydrogen-bond donors (Lipinski definition) is 1. The smallest absolute Gasteiger partial charge is 0.248 e. The van der Waals surface area contributed by atoms with Gasteiger partial charge in [-0.3, -0.25) is 4.79 Å². The molecule has 5 nitrogen and oxygen atoms in total. The van der Waals surface area contributed by atoms with E-state index in [4.69, 9.17) is 25.5 Å². The van der Waals surface area contributed by atoms with Crippen molar-refractivity contribution in [1.29, 1.82) is 0 Å². The maximum Gasteiger partial charge on any atom is 0.248 e. The number of rotatable bonds is 7. The number of halogens is 1. The van der Waals surface area contributed by atoms with Crippen LogP contribution in [0.5, 0.6) is 11.5 Å². The van der Waals surface area contributed by atoms with Gasteiger partial charge in [-0.25, -0.2) is 0 Å². The number of benzene rings is 3. The van der Waals surface area contributed by atoms with Gasteiger partial charge in [-0.1, -0.05) is 29.8 Å². The first-order chi connectivity index (χ1) is 16.4. The van der Waals surface area contributed by atoms with E-state index in [0.29, 0.717) is 28.6 Å². The van der Waals surface area contributed by atoms with Crippen LogP contribution in [0.4, 0.5) is 5.69 Å². The van der Waals surface area contributed by atoms with E-state index in [0.717, 1.165) is 39.0 Å². The standard InChI is InChI=1S/C28H26ClNO4/c1-5-33-26-15-27-23(24(16-34-27)19-7-6-8-21(12-19)32-4)14-22(26)18(3)11-28(31)30-25-13-20(29)10-9-17(25)2/h6-16H,5H2,1-4H3,(H,30,31)/b18-11+. The molecule has 0 aliphatic carbocycles. The van der Waals surface area contributed by atoms with Crippen LogP contribution in [-0.4, -0.2) is 19.6 Å². The van der Waals surface area contributed by atoms with E-state index < -0.39 is 0 Å². The molecule has 0 saturated heterocycles. The number of allylic oxidation sites excluding steroid dienone is 1. The Morgan fingerprint density at radius 1 is 1.15 bits per heavy atom. The normalized spacial score (nSPS) is 11.5. The minimum atomic E-state index is -0.245. The summed E-state index contributed by atoms with van der Waals surface area (Å²) in [5, 5.41) is 4.40. The first-order valence-electron chi connectivity index (χ1n) is 11.0. The van der Waals surface area contributed by atoms with Crippen molar-refractivity contribution in [2.45, 2.75) is 20.8 Å². The molecule has 34 heavy (non-hydrogen) atoms. The van der Waals surface area contributed by atoms with Gasteiger partial charge in [-0.05, 0) is 67.8 Å². The number of aryl methyl sites for hydroxylation is 1. The fourth-order valence-corrected chi connectivity index (χ4v) is 4.00. The summed E-state index contributed by atoms with van der Waals surface area (Å²) in [6.45, 7) is 6.22. The molecule has 0 atom stereocenters. The van der Waals surface area contributed by atoms with Crippen molar-refractivity contribution in [3.8, 4) is 22.6 Å². The number of anilines is 1. The Bertz CT molecular complexity index is 1390. The third-order valence-electron chi connectivity index (χ3n) is 5.59. The Morgan fingerprint density at radius 2 is 1.97 bits per heavy atom. The van der Waals surface area contributed by atoms with E-state index in [1.54, 1.807) is 31.6 Å². The number of amides is 1. The molecule has 0 saturated carbocycles. The molecule has 3 aromatic carbocycles. The zero-order valence-corrected chi connectivity index (χ0v) is 20.3. The number of nitrogens with one attached hydrogen (secondary N) is 1. The van der Waals surface area contributed by atoms with Gasteiger partial charge in [0.1, 0.15) is 17.1 Å². The Balaban J connectivity index is 1.74. The van der Waals surface area contributed by atoms with Gasteiger partial charge in [0.2, 0.25) is 5.91 Å². The molecule has 0 bridgehead atoms. The molecule has 1 N–H and O–H groups in total. The molecule has 0 unspecified atom stereocenters. The van der Waals surface area contributed by atoms with Gasteiger partial charge in [0.15, 0.2) is 0 Å². The molecule has 4 rings (SSSR count). The Hall–Kier alpha value is -3.70. The largest absolute Gasteiger partial charge is 0.497 e. The number of hydrogen-bond acceptors (Lipinski definition) is 4. The number of ether oxygens (including phenoxy) is 2. The molecule has 1 amide bonds. The summed E-state index contributed by atoms with van der Waals surface area (Å²) in [4.78, 5) is 12.8. The van der Waals surface area contributed by atoms with Crippen molar-refractivity contribution in [1.82, 2.24) is 0 Å². The minimum Gasteiger partial charge on any atom is -0.497 e. The second-order valence-corrected chi connectivity index (χ2v) is 8.37. The van der Waals surface area contributed by atoms with Gasteiger partial charge in [-0.15, -0.1) is 0 Å². The number of fused-ring (bicyclic) bond motifs is 1. The van der Waals surface area contributed by atoms with E-state index >= 15 is 0 Å². The Morgan fingerprint density at radius 3 is 2.74 bits per heavy atom. The molecule has 6 heteroatoms. The highest BCUT2D eigenvalue weighted by atomic mass is 35.5. The highest BCUT2D eigenvalue weighted by Gasteiger charge is 2.16. The third-order valence-corrected chi connectivity index (χ3v) is 5.82. The van der Waals surface area contributed by atoms with Crippen LogP contribution in [0.3, 0.4) is 0 Å². The van der Waals surface area contributed by atoms with Crippen LogP contribution >= 0.6 is 11.6 Å². The highest BCUT2D eigenvalue weighted by Crippen LogP contribution is 2.38. The monoisotopic (exact) mass is 475 g/mol. The summed E-state index contributed by atoms with van der Waals surface area (Å²) < 4.78 is 17.1.